The Balaban J connectivity index is 1.62. The van der Waals surface area contributed by atoms with Crippen molar-refractivity contribution in [2.24, 2.45) is 0 Å². The van der Waals surface area contributed by atoms with Gasteiger partial charge in [-0.15, -0.1) is 11.3 Å². The number of hydrogen-bond donors (Lipinski definition) is 0. The van der Waals surface area contributed by atoms with Crippen molar-refractivity contribution in [1.29, 1.82) is 0 Å². The lowest BCUT2D eigenvalue weighted by atomic mass is 10.0. The maximum absolute atomic E-state index is 11.8. The van der Waals surface area contributed by atoms with E-state index in [2.05, 4.69) is 16.5 Å². The Kier molecular flexibility index (Phi) is 3.61. The number of aromatic nitrogens is 2. The Morgan fingerprint density at radius 1 is 1.42 bits per heavy atom. The fourth-order valence-electron chi connectivity index (χ4n) is 3.15. The molecule has 0 amide bonds. The lowest BCUT2D eigenvalue weighted by molar-refractivity contribution is 0.0599. The second-order valence-electron chi connectivity index (χ2n) is 5.73. The number of carbonyl (C=O) groups excluding carboxylic acids is 1. The van der Waals surface area contributed by atoms with Gasteiger partial charge in [-0.1, -0.05) is 12.6 Å². The molecule has 24 heavy (non-hydrogen) atoms. The molecule has 0 aromatic carbocycles. The minimum absolute atomic E-state index is 0.249. The molecule has 0 N–H and O–H groups in total. The molecule has 0 aliphatic carbocycles. The summed E-state index contributed by atoms with van der Waals surface area (Å²) >= 11 is 1.61. The van der Waals surface area contributed by atoms with Gasteiger partial charge in [-0.3, -0.25) is 4.40 Å². The van der Waals surface area contributed by atoms with Gasteiger partial charge in [-0.2, -0.15) is 0 Å². The van der Waals surface area contributed by atoms with Gasteiger partial charge in [0.15, 0.2) is 0 Å². The summed E-state index contributed by atoms with van der Waals surface area (Å²) in [7, 11) is 1.42. The quantitative estimate of drug-likeness (QED) is 0.688. The molecule has 0 unspecified atom stereocenters. The maximum Gasteiger partial charge on any atom is 0.338 e. The molecule has 1 aliphatic rings. The third-order valence-electron chi connectivity index (χ3n) is 4.45. The summed E-state index contributed by atoms with van der Waals surface area (Å²) in [5.74, 6) is -0.249. The largest absolute Gasteiger partial charge is 0.465 e. The van der Waals surface area contributed by atoms with E-state index < -0.39 is 0 Å². The van der Waals surface area contributed by atoms with Crippen LogP contribution in [0.2, 0.25) is 0 Å². The molecule has 0 bridgehead atoms. The van der Waals surface area contributed by atoms with Gasteiger partial charge in [0.2, 0.25) is 0 Å². The Hall–Kier alpha value is -2.60. The fourth-order valence-corrected chi connectivity index (χ4v) is 4.23. The fraction of sp³-hybridized carbons (Fsp3) is 0.222. The van der Waals surface area contributed by atoms with E-state index in [1.165, 1.54) is 12.0 Å². The average molecular weight is 339 g/mol. The summed E-state index contributed by atoms with van der Waals surface area (Å²) in [5, 5.41) is 1.90. The van der Waals surface area contributed by atoms with E-state index in [0.29, 0.717) is 5.56 Å². The molecule has 6 heteroatoms. The molecular weight excluding hydrogens is 322 g/mol. The van der Waals surface area contributed by atoms with Crippen molar-refractivity contribution in [3.05, 3.63) is 64.2 Å². The van der Waals surface area contributed by atoms with Crippen LogP contribution in [-0.2, 0) is 17.7 Å². The average Bonchev–Trinajstić information content (AvgIpc) is 3.24. The highest BCUT2D eigenvalue weighted by molar-refractivity contribution is 7.10. The lowest BCUT2D eigenvalue weighted by Crippen LogP contribution is -2.29. The third kappa shape index (κ3) is 2.30. The molecule has 122 valence electrons. The van der Waals surface area contributed by atoms with Crippen LogP contribution in [0.15, 0.2) is 42.6 Å². The molecule has 4 rings (SSSR count). The first-order chi connectivity index (χ1) is 11.7. The van der Waals surface area contributed by atoms with Gasteiger partial charge in [-0.05, 0) is 24.1 Å². The summed E-state index contributed by atoms with van der Waals surface area (Å²) in [5.41, 5.74) is 4.69. The first-order valence-corrected chi connectivity index (χ1v) is 8.61. The van der Waals surface area contributed by atoms with Gasteiger partial charge in [0.1, 0.15) is 5.65 Å². The number of hydrogen-bond acceptors (Lipinski definition) is 5. The zero-order valence-corrected chi connectivity index (χ0v) is 14.2. The predicted molar refractivity (Wildman–Crippen MR) is 94.0 cm³/mol. The molecule has 0 saturated heterocycles. The summed E-state index contributed by atoms with van der Waals surface area (Å²) in [4.78, 5) is 19.7. The highest BCUT2D eigenvalue weighted by atomic mass is 32.1. The standard InChI is InChI=1S/C18H17N3O2S/c1-12(15-9-19-17-5-3-4-7-21(15)17)20-8-6-13-14(18(22)23-2)11-24-16(13)10-20/h3-5,7,9,11H,1,6,8,10H2,2H3. The van der Waals surface area contributed by atoms with Crippen molar-refractivity contribution in [2.45, 2.75) is 13.0 Å². The van der Waals surface area contributed by atoms with Crippen LogP contribution in [0, 0.1) is 0 Å². The smallest absolute Gasteiger partial charge is 0.338 e. The molecule has 3 aromatic heterocycles. The molecule has 5 nitrogen and oxygen atoms in total. The van der Waals surface area contributed by atoms with E-state index in [4.69, 9.17) is 4.74 Å². The van der Waals surface area contributed by atoms with E-state index in [-0.39, 0.29) is 5.97 Å². The van der Waals surface area contributed by atoms with Gasteiger partial charge in [0.25, 0.3) is 0 Å². The summed E-state index contributed by atoms with van der Waals surface area (Å²) in [6.07, 6.45) is 4.68. The number of ether oxygens (including phenoxy) is 1. The summed E-state index contributed by atoms with van der Waals surface area (Å²) in [6.45, 7) is 5.87. The Morgan fingerprint density at radius 3 is 3.12 bits per heavy atom. The normalized spacial score (nSPS) is 13.8. The molecule has 3 aromatic rings. The van der Waals surface area contributed by atoms with Crippen molar-refractivity contribution < 1.29 is 9.53 Å². The molecule has 0 radical (unpaired) electrons. The summed E-state index contributed by atoms with van der Waals surface area (Å²) < 4.78 is 6.91. The van der Waals surface area contributed by atoms with E-state index >= 15 is 0 Å². The monoisotopic (exact) mass is 339 g/mol. The van der Waals surface area contributed by atoms with Crippen LogP contribution in [0.4, 0.5) is 0 Å². The number of imidazole rings is 1. The van der Waals surface area contributed by atoms with E-state index in [9.17, 15) is 4.79 Å². The van der Waals surface area contributed by atoms with Crippen LogP contribution in [0.25, 0.3) is 11.3 Å². The first-order valence-electron chi connectivity index (χ1n) is 7.73. The van der Waals surface area contributed by atoms with Crippen LogP contribution in [-0.4, -0.2) is 33.9 Å². The van der Waals surface area contributed by atoms with Gasteiger partial charge in [0.05, 0.1) is 36.8 Å². The van der Waals surface area contributed by atoms with E-state index in [1.807, 2.05) is 40.4 Å². The second-order valence-corrected chi connectivity index (χ2v) is 6.70. The van der Waals surface area contributed by atoms with Crippen LogP contribution < -0.4 is 0 Å². The minimum atomic E-state index is -0.249. The van der Waals surface area contributed by atoms with Crippen molar-refractivity contribution in [3.8, 4) is 0 Å². The second kappa shape index (κ2) is 5.79. The third-order valence-corrected chi connectivity index (χ3v) is 5.46. The zero-order valence-electron chi connectivity index (χ0n) is 13.4. The van der Waals surface area contributed by atoms with Gasteiger partial charge in [0, 0.05) is 23.0 Å². The van der Waals surface area contributed by atoms with Gasteiger partial charge in [-0.25, -0.2) is 9.78 Å². The number of carbonyl (C=O) groups is 1. The highest BCUT2D eigenvalue weighted by Gasteiger charge is 2.25. The van der Waals surface area contributed by atoms with Gasteiger partial charge >= 0.3 is 5.97 Å². The van der Waals surface area contributed by atoms with E-state index in [1.54, 1.807) is 11.3 Å². The summed E-state index contributed by atoms with van der Waals surface area (Å²) in [6, 6.07) is 5.94. The van der Waals surface area contributed by atoms with E-state index in [0.717, 1.165) is 42.1 Å². The van der Waals surface area contributed by atoms with Gasteiger partial charge < -0.3 is 9.64 Å². The molecular formula is C18H17N3O2S. The highest BCUT2D eigenvalue weighted by Crippen LogP contribution is 2.32. The van der Waals surface area contributed by atoms with Crippen LogP contribution >= 0.6 is 11.3 Å². The van der Waals surface area contributed by atoms with Crippen molar-refractivity contribution in [3.63, 3.8) is 0 Å². The molecule has 0 atom stereocenters. The Bertz CT molecular complexity index is 941. The number of pyridine rings is 1. The topological polar surface area (TPSA) is 46.8 Å². The predicted octanol–water partition coefficient (Wildman–Crippen LogP) is 3.21. The van der Waals surface area contributed by atoms with Crippen molar-refractivity contribution in [1.82, 2.24) is 14.3 Å². The number of thiophene rings is 1. The SMILES string of the molecule is C=C(c1cnc2ccccn12)N1CCc2c(C(=O)OC)csc2C1. The number of methoxy groups -OCH3 is 1. The first kappa shape index (κ1) is 15.0. The molecule has 4 heterocycles. The molecule has 1 aliphatic heterocycles. The number of nitrogens with zero attached hydrogens (tertiary/aromatic N) is 3. The lowest BCUT2D eigenvalue weighted by Gasteiger charge is -2.30. The van der Waals surface area contributed by atoms with Crippen molar-refractivity contribution >= 4 is 28.7 Å². The minimum Gasteiger partial charge on any atom is -0.465 e. The van der Waals surface area contributed by atoms with Crippen LogP contribution in [0.3, 0.4) is 0 Å². The molecule has 0 fully saturated rings. The number of esters is 1. The number of rotatable bonds is 3. The van der Waals surface area contributed by atoms with Crippen molar-refractivity contribution in [2.75, 3.05) is 13.7 Å². The zero-order chi connectivity index (χ0) is 16.7. The van der Waals surface area contributed by atoms with Crippen LogP contribution in [0.5, 0.6) is 0 Å². The Labute approximate surface area is 143 Å². The molecule has 0 spiro atoms. The Morgan fingerprint density at radius 2 is 2.29 bits per heavy atom. The molecule has 0 saturated carbocycles. The number of fused-ring (bicyclic) bond motifs is 2. The van der Waals surface area contributed by atoms with Crippen LogP contribution in [0.1, 0.15) is 26.5 Å². The maximum atomic E-state index is 11.8.